The summed E-state index contributed by atoms with van der Waals surface area (Å²) < 4.78 is 6.99. The number of rotatable bonds is 5. The molecule has 0 fully saturated rings. The van der Waals surface area contributed by atoms with E-state index in [-0.39, 0.29) is 12.5 Å². The van der Waals surface area contributed by atoms with E-state index in [1.807, 2.05) is 45.0 Å². The molecule has 0 unspecified atom stereocenters. The third kappa shape index (κ3) is 4.68. The molecule has 3 heterocycles. The smallest absolute Gasteiger partial charge is 0.252 e. The fraction of sp³-hybridized carbons (Fsp3) is 0.391. The van der Waals surface area contributed by atoms with Crippen LogP contribution in [0.15, 0.2) is 30.3 Å². The Morgan fingerprint density at radius 3 is 2.58 bits per heavy atom. The van der Waals surface area contributed by atoms with Crippen molar-refractivity contribution in [3.8, 4) is 11.7 Å². The number of amides is 1. The zero-order chi connectivity index (χ0) is 22.0. The first-order valence-electron chi connectivity index (χ1n) is 10.5. The van der Waals surface area contributed by atoms with E-state index < -0.39 is 0 Å². The third-order valence-electron chi connectivity index (χ3n) is 5.35. The molecule has 8 nitrogen and oxygen atoms in total. The lowest BCUT2D eigenvalue weighted by atomic mass is 10.1. The molecule has 0 bridgehead atoms. The Hall–Kier alpha value is -3.42. The molecule has 1 amide bonds. The van der Waals surface area contributed by atoms with Gasteiger partial charge in [0.15, 0.2) is 0 Å². The molecule has 0 saturated carbocycles. The summed E-state index contributed by atoms with van der Waals surface area (Å²) in [6.45, 7) is 6.78. The van der Waals surface area contributed by atoms with Gasteiger partial charge in [-0.3, -0.25) is 4.79 Å². The van der Waals surface area contributed by atoms with Gasteiger partial charge in [-0.05, 0) is 57.7 Å². The molecule has 0 saturated heterocycles. The Balaban J connectivity index is 1.57. The molecule has 0 spiro atoms. The van der Waals surface area contributed by atoms with Gasteiger partial charge in [0.05, 0.1) is 19.3 Å². The predicted molar refractivity (Wildman–Crippen MR) is 120 cm³/mol. The number of benzene rings is 1. The molecule has 31 heavy (non-hydrogen) atoms. The van der Waals surface area contributed by atoms with Gasteiger partial charge >= 0.3 is 0 Å². The summed E-state index contributed by atoms with van der Waals surface area (Å²) in [6.07, 6.45) is 3.15. The van der Waals surface area contributed by atoms with Crippen molar-refractivity contribution in [2.75, 3.05) is 30.4 Å². The van der Waals surface area contributed by atoms with Gasteiger partial charge in [-0.2, -0.15) is 9.78 Å². The molecule has 0 atom stereocenters. The molecular formula is C23H28N6O2. The topological polar surface area (TPSA) is 85.2 Å². The van der Waals surface area contributed by atoms with E-state index >= 15 is 0 Å². The van der Waals surface area contributed by atoms with E-state index in [9.17, 15) is 4.79 Å². The van der Waals surface area contributed by atoms with Crippen molar-refractivity contribution in [3.05, 3.63) is 53.0 Å². The van der Waals surface area contributed by atoms with Crippen LogP contribution in [0.2, 0.25) is 0 Å². The van der Waals surface area contributed by atoms with Crippen LogP contribution in [0.1, 0.15) is 35.5 Å². The molecular weight excluding hydrogens is 392 g/mol. The van der Waals surface area contributed by atoms with Crippen molar-refractivity contribution in [2.45, 2.75) is 40.0 Å². The average Bonchev–Trinajstić information content (AvgIpc) is 2.97. The lowest BCUT2D eigenvalue weighted by Gasteiger charge is -2.24. The van der Waals surface area contributed by atoms with Crippen molar-refractivity contribution < 1.29 is 9.53 Å². The normalized spacial score (nSPS) is 13.5. The van der Waals surface area contributed by atoms with E-state index in [1.165, 1.54) is 5.56 Å². The van der Waals surface area contributed by atoms with E-state index in [0.29, 0.717) is 11.8 Å². The van der Waals surface area contributed by atoms with Crippen LogP contribution in [0.3, 0.4) is 0 Å². The van der Waals surface area contributed by atoms with E-state index in [1.54, 1.807) is 11.8 Å². The first-order chi connectivity index (χ1) is 14.9. The maximum atomic E-state index is 13.0. The number of ether oxygens (including phenoxy) is 1. The molecule has 8 heteroatoms. The van der Waals surface area contributed by atoms with E-state index in [0.717, 1.165) is 54.3 Å². The number of fused-ring (bicyclic) bond motifs is 1. The Morgan fingerprint density at radius 2 is 1.84 bits per heavy atom. The molecule has 162 valence electrons. The number of carbonyl (C=O) groups is 1. The minimum Gasteiger partial charge on any atom is -0.497 e. The lowest BCUT2D eigenvalue weighted by molar-refractivity contribution is -0.115. The number of hydrogen-bond acceptors (Lipinski definition) is 6. The number of nitrogens with zero attached hydrogens (tertiary/aromatic N) is 5. The summed E-state index contributed by atoms with van der Waals surface area (Å²) in [5.41, 5.74) is 4.79. The van der Waals surface area contributed by atoms with Crippen molar-refractivity contribution in [2.24, 2.45) is 0 Å². The highest BCUT2D eigenvalue weighted by atomic mass is 16.5. The van der Waals surface area contributed by atoms with Gasteiger partial charge in [-0.1, -0.05) is 6.07 Å². The number of aryl methyl sites for hydroxylation is 4. The Kier molecular flexibility index (Phi) is 5.88. The molecule has 1 aromatic carbocycles. The number of nitrogens with one attached hydrogen (secondary N) is 1. The van der Waals surface area contributed by atoms with Crippen molar-refractivity contribution in [1.29, 1.82) is 0 Å². The second-order valence-corrected chi connectivity index (χ2v) is 7.95. The molecule has 1 aliphatic rings. The van der Waals surface area contributed by atoms with Gasteiger partial charge in [0.1, 0.15) is 11.6 Å². The van der Waals surface area contributed by atoms with Crippen molar-refractivity contribution in [1.82, 2.24) is 19.7 Å². The van der Waals surface area contributed by atoms with Crippen LogP contribution in [-0.4, -0.2) is 45.9 Å². The van der Waals surface area contributed by atoms with Gasteiger partial charge in [0.2, 0.25) is 5.91 Å². The Bertz CT molecular complexity index is 1090. The SMILES string of the molecule is COc1ccc2c(c1)N(CC(=O)Nc1cc(C)nn1-c1nc(C)cc(C)n1)CCCC2. The van der Waals surface area contributed by atoms with Crippen LogP contribution in [0.25, 0.3) is 5.95 Å². The van der Waals surface area contributed by atoms with Crippen LogP contribution >= 0.6 is 0 Å². The second kappa shape index (κ2) is 8.75. The van der Waals surface area contributed by atoms with Crippen molar-refractivity contribution in [3.63, 3.8) is 0 Å². The third-order valence-corrected chi connectivity index (χ3v) is 5.35. The molecule has 3 aromatic rings. The monoisotopic (exact) mass is 420 g/mol. The predicted octanol–water partition coefficient (Wildman–Crippen LogP) is 3.38. The summed E-state index contributed by atoms with van der Waals surface area (Å²) in [6, 6.07) is 9.83. The summed E-state index contributed by atoms with van der Waals surface area (Å²) in [4.78, 5) is 24.1. The largest absolute Gasteiger partial charge is 0.497 e. The van der Waals surface area contributed by atoms with Crippen LogP contribution < -0.4 is 15.0 Å². The number of methoxy groups -OCH3 is 1. The number of aromatic nitrogens is 4. The zero-order valence-corrected chi connectivity index (χ0v) is 18.5. The molecule has 0 aliphatic carbocycles. The first-order valence-corrected chi connectivity index (χ1v) is 10.5. The van der Waals surface area contributed by atoms with Crippen LogP contribution in [0.4, 0.5) is 11.5 Å². The number of hydrogen-bond donors (Lipinski definition) is 1. The van der Waals surface area contributed by atoms with Crippen LogP contribution in [0.5, 0.6) is 5.75 Å². The van der Waals surface area contributed by atoms with Gasteiger partial charge in [-0.25, -0.2) is 9.97 Å². The van der Waals surface area contributed by atoms with Gasteiger partial charge in [-0.15, -0.1) is 0 Å². The minimum atomic E-state index is -0.110. The maximum absolute atomic E-state index is 13.0. The van der Waals surface area contributed by atoms with Gasteiger partial charge < -0.3 is 15.0 Å². The van der Waals surface area contributed by atoms with Gasteiger partial charge in [0, 0.05) is 35.8 Å². The molecule has 0 radical (unpaired) electrons. The second-order valence-electron chi connectivity index (χ2n) is 7.95. The highest BCUT2D eigenvalue weighted by Crippen LogP contribution is 2.30. The summed E-state index contributed by atoms with van der Waals surface area (Å²) >= 11 is 0. The highest BCUT2D eigenvalue weighted by Gasteiger charge is 2.20. The summed E-state index contributed by atoms with van der Waals surface area (Å²) in [5, 5.41) is 7.49. The quantitative estimate of drug-likeness (QED) is 0.681. The Morgan fingerprint density at radius 1 is 1.06 bits per heavy atom. The zero-order valence-electron chi connectivity index (χ0n) is 18.5. The average molecular weight is 421 g/mol. The van der Waals surface area contributed by atoms with E-state index in [4.69, 9.17) is 4.74 Å². The number of anilines is 2. The molecule has 2 aromatic heterocycles. The Labute approximate surface area is 182 Å². The van der Waals surface area contributed by atoms with Crippen molar-refractivity contribution >= 4 is 17.4 Å². The fourth-order valence-corrected chi connectivity index (χ4v) is 3.98. The standard InChI is InChI=1S/C23H28N6O2/c1-15-11-16(2)25-23(24-15)29-21(12-17(3)27-29)26-22(30)14-28-10-6-5-7-18-8-9-19(31-4)13-20(18)28/h8-9,11-13H,5-7,10,14H2,1-4H3,(H,26,30). The van der Waals surface area contributed by atoms with Crippen LogP contribution in [-0.2, 0) is 11.2 Å². The highest BCUT2D eigenvalue weighted by molar-refractivity contribution is 5.93. The summed E-state index contributed by atoms with van der Waals surface area (Å²) in [7, 11) is 1.66. The van der Waals surface area contributed by atoms with Crippen LogP contribution in [0, 0.1) is 20.8 Å². The molecule has 4 rings (SSSR count). The lowest BCUT2D eigenvalue weighted by Crippen LogP contribution is -2.34. The fourth-order valence-electron chi connectivity index (χ4n) is 3.98. The van der Waals surface area contributed by atoms with Gasteiger partial charge in [0.25, 0.3) is 5.95 Å². The number of carbonyl (C=O) groups excluding carboxylic acids is 1. The summed E-state index contributed by atoms with van der Waals surface area (Å²) in [5.74, 6) is 1.70. The molecule has 1 N–H and O–H groups in total. The van der Waals surface area contributed by atoms with E-state index in [2.05, 4.69) is 31.3 Å². The minimum absolute atomic E-state index is 0.110. The first kappa shape index (κ1) is 20.8. The maximum Gasteiger partial charge on any atom is 0.252 e. The molecule has 1 aliphatic heterocycles.